The van der Waals surface area contributed by atoms with E-state index in [0.29, 0.717) is 6.54 Å². The van der Waals surface area contributed by atoms with Crippen LogP contribution in [0.4, 0.5) is 0 Å². The molecular formula is C15H19NO3. The van der Waals surface area contributed by atoms with E-state index >= 15 is 0 Å². The topological polar surface area (TPSA) is 46.6 Å². The molecule has 0 bridgehead atoms. The quantitative estimate of drug-likeness (QED) is 0.780. The molecule has 102 valence electrons. The Bertz CT molecular complexity index is 458. The summed E-state index contributed by atoms with van der Waals surface area (Å²) >= 11 is 0. The summed E-state index contributed by atoms with van der Waals surface area (Å²) in [6.07, 6.45) is 1.10. The second-order valence-corrected chi connectivity index (χ2v) is 4.81. The SMILES string of the molecule is CCC(c1ccccc1)N1CC(C(=O)OC)CC1=O. The van der Waals surface area contributed by atoms with Gasteiger partial charge < -0.3 is 9.64 Å². The molecule has 0 saturated carbocycles. The Kier molecular flexibility index (Phi) is 4.20. The Morgan fingerprint density at radius 1 is 1.42 bits per heavy atom. The molecule has 1 aliphatic rings. The second-order valence-electron chi connectivity index (χ2n) is 4.81. The van der Waals surface area contributed by atoms with Crippen molar-refractivity contribution in [3.05, 3.63) is 35.9 Å². The van der Waals surface area contributed by atoms with E-state index in [9.17, 15) is 9.59 Å². The number of hydrogen-bond donors (Lipinski definition) is 0. The molecule has 0 spiro atoms. The Balaban J connectivity index is 2.16. The number of likely N-dealkylation sites (tertiary alicyclic amines) is 1. The smallest absolute Gasteiger partial charge is 0.310 e. The summed E-state index contributed by atoms with van der Waals surface area (Å²) in [6.45, 7) is 2.51. The molecule has 2 atom stereocenters. The summed E-state index contributed by atoms with van der Waals surface area (Å²) in [5.74, 6) is -0.583. The van der Waals surface area contributed by atoms with Crippen molar-refractivity contribution in [2.75, 3.05) is 13.7 Å². The number of rotatable bonds is 4. The summed E-state index contributed by atoms with van der Waals surface area (Å²) in [4.78, 5) is 25.5. The molecule has 1 heterocycles. The lowest BCUT2D eigenvalue weighted by Gasteiger charge is -2.27. The average Bonchev–Trinajstić information content (AvgIpc) is 2.82. The first-order valence-electron chi connectivity index (χ1n) is 6.59. The number of carbonyl (C=O) groups is 2. The van der Waals surface area contributed by atoms with Crippen molar-refractivity contribution in [2.24, 2.45) is 5.92 Å². The van der Waals surface area contributed by atoms with E-state index in [4.69, 9.17) is 4.74 Å². The number of esters is 1. The lowest BCUT2D eigenvalue weighted by molar-refractivity contribution is -0.145. The summed E-state index contributed by atoms with van der Waals surface area (Å²) in [6, 6.07) is 9.98. The molecule has 2 unspecified atom stereocenters. The summed E-state index contributed by atoms with van der Waals surface area (Å²) in [7, 11) is 1.37. The Labute approximate surface area is 113 Å². The van der Waals surface area contributed by atoms with Crippen LogP contribution in [0.15, 0.2) is 30.3 Å². The van der Waals surface area contributed by atoms with Gasteiger partial charge in [-0.25, -0.2) is 0 Å². The van der Waals surface area contributed by atoms with E-state index in [1.54, 1.807) is 4.90 Å². The van der Waals surface area contributed by atoms with Crippen LogP contribution in [0.1, 0.15) is 31.4 Å². The number of benzene rings is 1. The zero-order valence-electron chi connectivity index (χ0n) is 11.3. The van der Waals surface area contributed by atoms with Crippen molar-refractivity contribution in [3.63, 3.8) is 0 Å². The molecule has 1 saturated heterocycles. The number of ether oxygens (including phenoxy) is 1. The van der Waals surface area contributed by atoms with Gasteiger partial charge in [0, 0.05) is 13.0 Å². The van der Waals surface area contributed by atoms with Crippen molar-refractivity contribution in [1.29, 1.82) is 0 Å². The first-order chi connectivity index (χ1) is 9.17. The standard InChI is InChI=1S/C15H19NO3/c1-3-13(11-7-5-4-6-8-11)16-10-12(9-14(16)17)15(18)19-2/h4-8,12-13H,3,9-10H2,1-2H3. The van der Waals surface area contributed by atoms with Gasteiger partial charge in [-0.3, -0.25) is 9.59 Å². The highest BCUT2D eigenvalue weighted by Gasteiger charge is 2.38. The largest absolute Gasteiger partial charge is 0.469 e. The van der Waals surface area contributed by atoms with Crippen LogP contribution in [0, 0.1) is 5.92 Å². The Morgan fingerprint density at radius 3 is 2.68 bits per heavy atom. The summed E-state index contributed by atoms with van der Waals surface area (Å²) < 4.78 is 4.73. The van der Waals surface area contributed by atoms with Crippen molar-refractivity contribution in [1.82, 2.24) is 4.90 Å². The van der Waals surface area contributed by atoms with Gasteiger partial charge >= 0.3 is 5.97 Å². The van der Waals surface area contributed by atoms with Gasteiger partial charge in [-0.05, 0) is 12.0 Å². The van der Waals surface area contributed by atoms with Crippen LogP contribution in [0.5, 0.6) is 0 Å². The molecule has 0 N–H and O–H groups in total. The van der Waals surface area contributed by atoms with Crippen LogP contribution in [0.2, 0.25) is 0 Å². The molecule has 4 nitrogen and oxygen atoms in total. The maximum absolute atomic E-state index is 12.1. The van der Waals surface area contributed by atoms with E-state index < -0.39 is 0 Å². The van der Waals surface area contributed by atoms with Gasteiger partial charge in [-0.2, -0.15) is 0 Å². The zero-order valence-corrected chi connectivity index (χ0v) is 11.3. The number of amides is 1. The number of methoxy groups -OCH3 is 1. The highest BCUT2D eigenvalue weighted by molar-refractivity contribution is 5.87. The van der Waals surface area contributed by atoms with Gasteiger partial charge in [0.2, 0.25) is 5.91 Å². The number of carbonyl (C=O) groups excluding carboxylic acids is 2. The molecule has 0 aromatic heterocycles. The van der Waals surface area contributed by atoms with Gasteiger partial charge in [-0.1, -0.05) is 37.3 Å². The minimum absolute atomic E-state index is 0.0334. The highest BCUT2D eigenvalue weighted by atomic mass is 16.5. The molecule has 1 aromatic rings. The van der Waals surface area contributed by atoms with E-state index in [-0.39, 0.29) is 30.3 Å². The minimum atomic E-state index is -0.324. The minimum Gasteiger partial charge on any atom is -0.469 e. The third-order valence-corrected chi connectivity index (χ3v) is 3.64. The molecule has 1 amide bonds. The van der Waals surface area contributed by atoms with Crippen molar-refractivity contribution < 1.29 is 14.3 Å². The summed E-state index contributed by atoms with van der Waals surface area (Å²) in [5.41, 5.74) is 1.11. The van der Waals surface area contributed by atoms with Crippen molar-refractivity contribution >= 4 is 11.9 Å². The van der Waals surface area contributed by atoms with Gasteiger partial charge in [0.15, 0.2) is 0 Å². The molecule has 1 aliphatic heterocycles. The van der Waals surface area contributed by atoms with Crippen LogP contribution >= 0.6 is 0 Å². The predicted octanol–water partition coefficient (Wildman–Crippen LogP) is 2.16. The third kappa shape index (κ3) is 2.78. The third-order valence-electron chi connectivity index (χ3n) is 3.64. The Hall–Kier alpha value is -1.84. The van der Waals surface area contributed by atoms with Crippen LogP contribution in [0.25, 0.3) is 0 Å². The highest BCUT2D eigenvalue weighted by Crippen LogP contribution is 2.31. The van der Waals surface area contributed by atoms with Crippen LogP contribution in [0.3, 0.4) is 0 Å². The molecule has 1 aromatic carbocycles. The lowest BCUT2D eigenvalue weighted by atomic mass is 10.0. The number of hydrogen-bond acceptors (Lipinski definition) is 3. The summed E-state index contributed by atoms with van der Waals surface area (Å²) in [5, 5.41) is 0. The van der Waals surface area contributed by atoms with Gasteiger partial charge in [0.25, 0.3) is 0 Å². The van der Waals surface area contributed by atoms with Crippen LogP contribution in [-0.4, -0.2) is 30.4 Å². The van der Waals surface area contributed by atoms with Crippen LogP contribution < -0.4 is 0 Å². The monoisotopic (exact) mass is 261 g/mol. The van der Waals surface area contributed by atoms with Gasteiger partial charge in [0.05, 0.1) is 19.1 Å². The van der Waals surface area contributed by atoms with Gasteiger partial charge in [-0.15, -0.1) is 0 Å². The normalized spacial score (nSPS) is 20.4. The molecule has 0 aliphatic carbocycles. The predicted molar refractivity (Wildman–Crippen MR) is 71.3 cm³/mol. The van der Waals surface area contributed by atoms with Gasteiger partial charge in [0.1, 0.15) is 0 Å². The lowest BCUT2D eigenvalue weighted by Crippen LogP contribution is -2.30. The molecule has 2 rings (SSSR count). The van der Waals surface area contributed by atoms with E-state index in [0.717, 1.165) is 12.0 Å². The molecular weight excluding hydrogens is 242 g/mol. The fraction of sp³-hybridized carbons (Fsp3) is 0.467. The first-order valence-corrected chi connectivity index (χ1v) is 6.59. The maximum Gasteiger partial charge on any atom is 0.310 e. The fourth-order valence-electron chi connectivity index (χ4n) is 2.67. The van der Waals surface area contributed by atoms with E-state index in [1.165, 1.54) is 7.11 Å². The molecule has 4 heteroatoms. The van der Waals surface area contributed by atoms with E-state index in [1.807, 2.05) is 30.3 Å². The van der Waals surface area contributed by atoms with Crippen molar-refractivity contribution in [2.45, 2.75) is 25.8 Å². The molecule has 0 radical (unpaired) electrons. The fourth-order valence-corrected chi connectivity index (χ4v) is 2.67. The maximum atomic E-state index is 12.1. The van der Waals surface area contributed by atoms with Crippen molar-refractivity contribution in [3.8, 4) is 0 Å². The first kappa shape index (κ1) is 13.6. The Morgan fingerprint density at radius 2 is 2.11 bits per heavy atom. The van der Waals surface area contributed by atoms with E-state index in [2.05, 4.69) is 6.92 Å². The van der Waals surface area contributed by atoms with Crippen LogP contribution in [-0.2, 0) is 14.3 Å². The zero-order chi connectivity index (χ0) is 13.8. The molecule has 1 fully saturated rings. The number of nitrogens with zero attached hydrogens (tertiary/aromatic N) is 1. The molecule has 19 heavy (non-hydrogen) atoms. The second kappa shape index (κ2) is 5.87. The average molecular weight is 261 g/mol.